The van der Waals surface area contributed by atoms with Gasteiger partial charge < -0.3 is 15.2 Å². The zero-order valence-corrected chi connectivity index (χ0v) is 9.84. The van der Waals surface area contributed by atoms with Crippen molar-refractivity contribution in [2.45, 2.75) is 13.0 Å². The number of hydrogen-bond donors (Lipinski definition) is 2. The number of anilines is 1. The first-order chi connectivity index (χ1) is 9.22. The van der Waals surface area contributed by atoms with Crippen LogP contribution in [0.2, 0.25) is 0 Å². The summed E-state index contributed by atoms with van der Waals surface area (Å²) < 4.78 is 4.57. The van der Waals surface area contributed by atoms with Crippen molar-refractivity contribution in [3.8, 4) is 0 Å². The van der Waals surface area contributed by atoms with E-state index in [1.807, 2.05) is 0 Å². The van der Waals surface area contributed by atoms with Crippen LogP contribution in [0.25, 0.3) is 0 Å². The van der Waals surface area contributed by atoms with Gasteiger partial charge in [-0.25, -0.2) is 0 Å². The highest BCUT2D eigenvalue weighted by Crippen LogP contribution is 2.23. The van der Waals surface area contributed by atoms with Crippen LogP contribution in [0.3, 0.4) is 0 Å². The van der Waals surface area contributed by atoms with Crippen LogP contribution < -0.4 is 10.6 Å². The number of hydrogen-bond acceptors (Lipinski definition) is 5. The van der Waals surface area contributed by atoms with Crippen LogP contribution in [0.5, 0.6) is 0 Å². The number of aromatic nitrogens is 2. The summed E-state index contributed by atoms with van der Waals surface area (Å²) in [5.74, 6) is 0.109. The zero-order chi connectivity index (χ0) is 13.2. The molecule has 0 atom stereocenters. The van der Waals surface area contributed by atoms with Gasteiger partial charge in [0.25, 0.3) is 5.91 Å². The minimum absolute atomic E-state index is 0.0562. The van der Waals surface area contributed by atoms with Crippen LogP contribution in [0.4, 0.5) is 5.69 Å². The van der Waals surface area contributed by atoms with E-state index in [1.165, 1.54) is 6.39 Å². The van der Waals surface area contributed by atoms with Crippen LogP contribution in [-0.4, -0.2) is 22.0 Å². The Bertz CT molecular complexity index is 636. The van der Waals surface area contributed by atoms with E-state index in [1.54, 1.807) is 18.2 Å². The second kappa shape index (κ2) is 4.52. The molecule has 2 heterocycles. The average molecular weight is 258 g/mol. The van der Waals surface area contributed by atoms with E-state index in [-0.39, 0.29) is 18.4 Å². The third-order valence-electron chi connectivity index (χ3n) is 2.81. The molecule has 96 valence electrons. The van der Waals surface area contributed by atoms with Crippen molar-refractivity contribution >= 4 is 17.5 Å². The van der Waals surface area contributed by atoms with Gasteiger partial charge in [-0.3, -0.25) is 9.59 Å². The summed E-state index contributed by atoms with van der Waals surface area (Å²) in [5, 5.41) is 8.98. The van der Waals surface area contributed by atoms with Gasteiger partial charge in [0.1, 0.15) is 0 Å². The van der Waals surface area contributed by atoms with Gasteiger partial charge in [-0.05, 0) is 23.8 Å². The smallest absolute Gasteiger partial charge is 0.251 e. The number of nitrogens with one attached hydrogen (secondary N) is 2. The molecular weight excluding hydrogens is 248 g/mol. The van der Waals surface area contributed by atoms with Crippen molar-refractivity contribution in [1.29, 1.82) is 0 Å². The molecule has 0 unspecified atom stereocenters. The molecule has 1 aliphatic heterocycles. The van der Waals surface area contributed by atoms with Gasteiger partial charge in [-0.15, -0.1) is 0 Å². The molecule has 0 fully saturated rings. The molecule has 0 aliphatic carbocycles. The molecule has 2 aromatic rings. The fourth-order valence-corrected chi connectivity index (χ4v) is 1.90. The highest BCUT2D eigenvalue weighted by Gasteiger charge is 2.19. The molecule has 0 saturated carbocycles. The first-order valence-electron chi connectivity index (χ1n) is 5.68. The molecule has 0 radical (unpaired) electrons. The van der Waals surface area contributed by atoms with E-state index in [2.05, 4.69) is 25.3 Å². The summed E-state index contributed by atoms with van der Waals surface area (Å²) >= 11 is 0. The first-order valence-corrected chi connectivity index (χ1v) is 5.68. The molecule has 2 N–H and O–H groups in total. The quantitative estimate of drug-likeness (QED) is 0.835. The van der Waals surface area contributed by atoms with Crippen molar-refractivity contribution in [2.75, 3.05) is 5.32 Å². The normalized spacial score (nSPS) is 12.9. The van der Waals surface area contributed by atoms with Crippen LogP contribution in [-0.2, 0) is 17.8 Å². The van der Waals surface area contributed by atoms with Crippen LogP contribution >= 0.6 is 0 Å². The second-order valence-electron chi connectivity index (χ2n) is 4.13. The number of nitrogens with zero attached hydrogens (tertiary/aromatic N) is 2. The van der Waals surface area contributed by atoms with Crippen molar-refractivity contribution in [1.82, 2.24) is 15.5 Å². The molecule has 0 bridgehead atoms. The van der Waals surface area contributed by atoms with E-state index >= 15 is 0 Å². The fraction of sp³-hybridized carbons (Fsp3) is 0.167. The van der Waals surface area contributed by atoms with E-state index in [0.717, 1.165) is 11.3 Å². The van der Waals surface area contributed by atoms with Crippen LogP contribution in [0, 0.1) is 0 Å². The lowest BCUT2D eigenvalue weighted by atomic mass is 10.1. The Balaban J connectivity index is 1.70. The lowest BCUT2D eigenvalue weighted by Gasteiger charge is -2.04. The topological polar surface area (TPSA) is 97.1 Å². The van der Waals surface area contributed by atoms with Gasteiger partial charge in [0.05, 0.1) is 13.0 Å². The summed E-state index contributed by atoms with van der Waals surface area (Å²) in [7, 11) is 0. The SMILES string of the molecule is O=C1Cc2cc(C(=O)NCc3ncon3)ccc2N1. The Kier molecular flexibility index (Phi) is 2.71. The largest absolute Gasteiger partial charge is 0.345 e. The van der Waals surface area contributed by atoms with E-state index in [4.69, 9.17) is 0 Å². The maximum atomic E-state index is 11.9. The van der Waals surface area contributed by atoms with E-state index in [9.17, 15) is 9.59 Å². The van der Waals surface area contributed by atoms with E-state index < -0.39 is 0 Å². The third kappa shape index (κ3) is 2.30. The minimum Gasteiger partial charge on any atom is -0.345 e. The lowest BCUT2D eigenvalue weighted by molar-refractivity contribution is -0.115. The Morgan fingerprint density at radius 3 is 3.16 bits per heavy atom. The molecule has 1 aromatic heterocycles. The summed E-state index contributed by atoms with van der Waals surface area (Å²) in [5.41, 5.74) is 2.09. The molecule has 1 aromatic carbocycles. The summed E-state index contributed by atoms with van der Waals surface area (Å²) in [4.78, 5) is 26.9. The van der Waals surface area contributed by atoms with Gasteiger partial charge in [-0.1, -0.05) is 5.16 Å². The molecule has 1 aliphatic rings. The highest BCUT2D eigenvalue weighted by atomic mass is 16.5. The first kappa shape index (κ1) is 11.4. The molecule has 19 heavy (non-hydrogen) atoms. The number of rotatable bonds is 3. The predicted molar refractivity (Wildman–Crippen MR) is 64.2 cm³/mol. The number of benzene rings is 1. The van der Waals surface area contributed by atoms with Gasteiger partial charge in [0, 0.05) is 11.3 Å². The summed E-state index contributed by atoms with van der Waals surface area (Å²) in [6, 6.07) is 5.10. The second-order valence-corrected chi connectivity index (χ2v) is 4.13. The molecule has 3 rings (SSSR count). The number of carbonyl (C=O) groups excluding carboxylic acids is 2. The molecule has 0 spiro atoms. The van der Waals surface area contributed by atoms with Crippen molar-refractivity contribution in [3.05, 3.63) is 41.5 Å². The zero-order valence-electron chi connectivity index (χ0n) is 9.84. The predicted octanol–water partition coefficient (Wildman–Crippen LogP) is 0.494. The van der Waals surface area contributed by atoms with Gasteiger partial charge in [0.2, 0.25) is 12.3 Å². The van der Waals surface area contributed by atoms with Gasteiger partial charge in [0.15, 0.2) is 5.82 Å². The van der Waals surface area contributed by atoms with Gasteiger partial charge >= 0.3 is 0 Å². The molecule has 7 heteroatoms. The summed E-state index contributed by atoms with van der Waals surface area (Å²) in [6.45, 7) is 0.198. The average Bonchev–Trinajstić information content (AvgIpc) is 3.02. The number of amides is 2. The number of carbonyl (C=O) groups is 2. The third-order valence-corrected chi connectivity index (χ3v) is 2.81. The molecule has 0 saturated heterocycles. The lowest BCUT2D eigenvalue weighted by Crippen LogP contribution is -2.23. The Labute approximate surface area is 108 Å². The minimum atomic E-state index is -0.244. The fourth-order valence-electron chi connectivity index (χ4n) is 1.90. The molecular formula is C12H10N4O3. The van der Waals surface area contributed by atoms with Gasteiger partial charge in [-0.2, -0.15) is 4.98 Å². The van der Waals surface area contributed by atoms with Crippen molar-refractivity contribution in [2.24, 2.45) is 0 Å². The van der Waals surface area contributed by atoms with Crippen molar-refractivity contribution < 1.29 is 14.1 Å². The standard InChI is InChI=1S/C12H10N4O3/c17-11-4-8-3-7(1-2-9(8)15-11)12(18)13-5-10-14-6-19-16-10/h1-3,6H,4-5H2,(H,13,18)(H,15,17). The van der Waals surface area contributed by atoms with Crippen LogP contribution in [0.1, 0.15) is 21.7 Å². The Morgan fingerprint density at radius 2 is 2.37 bits per heavy atom. The molecule has 2 amide bonds. The summed E-state index contributed by atoms with van der Waals surface area (Å²) in [6.07, 6.45) is 1.51. The molecule has 7 nitrogen and oxygen atoms in total. The monoisotopic (exact) mass is 258 g/mol. The van der Waals surface area contributed by atoms with Crippen molar-refractivity contribution in [3.63, 3.8) is 0 Å². The maximum absolute atomic E-state index is 11.9. The van der Waals surface area contributed by atoms with E-state index in [0.29, 0.717) is 17.8 Å². The Hall–Kier alpha value is -2.70. The maximum Gasteiger partial charge on any atom is 0.251 e. The highest BCUT2D eigenvalue weighted by molar-refractivity contribution is 6.01. The number of fused-ring (bicyclic) bond motifs is 1. The Morgan fingerprint density at radius 1 is 1.47 bits per heavy atom. The van der Waals surface area contributed by atoms with Crippen LogP contribution in [0.15, 0.2) is 29.1 Å².